The number of thiazole rings is 1. The molecule has 0 aromatic carbocycles. The lowest BCUT2D eigenvalue weighted by Crippen LogP contribution is -2.15. The second-order valence-corrected chi connectivity index (χ2v) is 11.1. The van der Waals surface area contributed by atoms with E-state index in [1.165, 1.54) is 35.1 Å². The van der Waals surface area contributed by atoms with Gasteiger partial charge >= 0.3 is 0 Å². The summed E-state index contributed by atoms with van der Waals surface area (Å²) in [6.45, 7) is 11.1. The minimum Gasteiger partial charge on any atom is -0.351 e. The summed E-state index contributed by atoms with van der Waals surface area (Å²) in [4.78, 5) is 12.0. The van der Waals surface area contributed by atoms with E-state index in [-0.39, 0.29) is 6.04 Å². The Morgan fingerprint density at radius 3 is 2.12 bits per heavy atom. The van der Waals surface area contributed by atoms with Gasteiger partial charge in [0.1, 0.15) is 5.82 Å². The van der Waals surface area contributed by atoms with E-state index in [9.17, 15) is 0 Å². The molecule has 2 N–H and O–H groups in total. The molecule has 1 atom stereocenters. The number of nitrogens with zero attached hydrogens (tertiary/aromatic N) is 2. The van der Waals surface area contributed by atoms with Crippen LogP contribution in [0.3, 0.4) is 0 Å². The monoisotopic (exact) mass is 498 g/mol. The third-order valence-corrected chi connectivity index (χ3v) is 7.24. The first-order valence-electron chi connectivity index (χ1n) is 12.3. The minimum absolute atomic E-state index is 0.135. The predicted octanol–water partition coefficient (Wildman–Crippen LogP) is 8.90. The van der Waals surface area contributed by atoms with Crippen LogP contribution in [0.2, 0.25) is 0 Å². The average molecular weight is 499 g/mol. The van der Waals surface area contributed by atoms with Crippen LogP contribution < -0.4 is 5.32 Å². The number of imidazole rings is 1. The number of thioether (sulfide) groups is 1. The number of rotatable bonds is 16. The van der Waals surface area contributed by atoms with Crippen molar-refractivity contribution in [1.82, 2.24) is 15.0 Å². The van der Waals surface area contributed by atoms with Crippen molar-refractivity contribution < 1.29 is 0 Å². The summed E-state index contributed by atoms with van der Waals surface area (Å²) in [5, 5.41) is 6.42. The molecule has 0 aliphatic heterocycles. The van der Waals surface area contributed by atoms with Crippen LogP contribution in [0.15, 0.2) is 70.6 Å². The highest BCUT2D eigenvalue weighted by Crippen LogP contribution is 2.23. The van der Waals surface area contributed by atoms with Crippen LogP contribution in [0.5, 0.6) is 0 Å². The Kier molecular flexibility index (Phi) is 13.7. The molecule has 2 aromatic heterocycles. The highest BCUT2D eigenvalue weighted by molar-refractivity contribution is 7.99. The molecule has 34 heavy (non-hydrogen) atoms. The topological polar surface area (TPSA) is 53.6 Å². The zero-order valence-corrected chi connectivity index (χ0v) is 23.2. The van der Waals surface area contributed by atoms with Gasteiger partial charge in [0.15, 0.2) is 5.13 Å². The third kappa shape index (κ3) is 12.4. The fraction of sp³-hybridized carbons (Fsp3) is 0.500. The summed E-state index contributed by atoms with van der Waals surface area (Å²) in [5.41, 5.74) is 5.90. The number of hydrogen-bond donors (Lipinski definition) is 2. The Morgan fingerprint density at radius 2 is 1.56 bits per heavy atom. The molecule has 0 saturated carbocycles. The van der Waals surface area contributed by atoms with Gasteiger partial charge in [-0.1, -0.05) is 46.6 Å². The van der Waals surface area contributed by atoms with Crippen molar-refractivity contribution in [2.24, 2.45) is 0 Å². The van der Waals surface area contributed by atoms with E-state index < -0.39 is 0 Å². The molecule has 0 aliphatic carbocycles. The maximum Gasteiger partial charge on any atom is 0.183 e. The molecule has 4 nitrogen and oxygen atoms in total. The Hall–Kier alpha value is -2.05. The molecule has 2 aromatic rings. The van der Waals surface area contributed by atoms with Crippen molar-refractivity contribution in [2.75, 3.05) is 16.8 Å². The fourth-order valence-electron chi connectivity index (χ4n) is 3.48. The zero-order chi connectivity index (χ0) is 24.6. The molecule has 0 amide bonds. The molecule has 0 bridgehead atoms. The number of aromatic nitrogens is 3. The molecule has 0 radical (unpaired) electrons. The van der Waals surface area contributed by atoms with Crippen molar-refractivity contribution in [1.29, 1.82) is 0 Å². The summed E-state index contributed by atoms with van der Waals surface area (Å²) in [6.07, 6.45) is 22.0. The lowest BCUT2D eigenvalue weighted by molar-refractivity contribution is 0.820. The van der Waals surface area contributed by atoms with Crippen LogP contribution in [-0.2, 0) is 0 Å². The molecule has 0 spiro atoms. The number of aromatic amines is 1. The van der Waals surface area contributed by atoms with E-state index in [2.05, 4.69) is 79.2 Å². The van der Waals surface area contributed by atoms with Crippen LogP contribution in [0.1, 0.15) is 85.0 Å². The van der Waals surface area contributed by atoms with Gasteiger partial charge in [0.05, 0.1) is 6.04 Å². The molecule has 186 valence electrons. The van der Waals surface area contributed by atoms with Crippen LogP contribution in [0, 0.1) is 0 Å². The summed E-state index contributed by atoms with van der Waals surface area (Å²) in [5.74, 6) is 2.92. The first-order valence-corrected chi connectivity index (χ1v) is 14.3. The normalized spacial score (nSPS) is 13.7. The molecule has 0 fully saturated rings. The van der Waals surface area contributed by atoms with Crippen molar-refractivity contribution in [3.63, 3.8) is 0 Å². The largest absolute Gasteiger partial charge is 0.351 e. The summed E-state index contributed by atoms with van der Waals surface area (Å²) in [7, 11) is 0. The SMILES string of the molecule is CC(C)=CCCC(C)=CCCC(C)=CCCC(C)=CCSCC(Nc1nccs1)c1ncc[nH]1. The molecule has 2 heterocycles. The molecule has 0 saturated heterocycles. The van der Waals surface area contributed by atoms with E-state index in [0.717, 1.165) is 48.1 Å². The van der Waals surface area contributed by atoms with Crippen molar-refractivity contribution in [2.45, 2.75) is 79.2 Å². The molecule has 1 unspecified atom stereocenters. The van der Waals surface area contributed by atoms with Gasteiger partial charge in [-0.3, -0.25) is 0 Å². The lowest BCUT2D eigenvalue weighted by atomic mass is 10.0. The van der Waals surface area contributed by atoms with Gasteiger partial charge in [-0.05, 0) is 73.1 Å². The summed E-state index contributed by atoms with van der Waals surface area (Å²) in [6, 6.07) is 0.135. The van der Waals surface area contributed by atoms with Gasteiger partial charge in [0, 0.05) is 35.5 Å². The molecular formula is C28H42N4S2. The van der Waals surface area contributed by atoms with Crippen molar-refractivity contribution >= 4 is 28.2 Å². The predicted molar refractivity (Wildman–Crippen MR) is 153 cm³/mol. The second-order valence-electron chi connectivity index (χ2n) is 9.09. The van der Waals surface area contributed by atoms with Crippen LogP contribution in [-0.4, -0.2) is 26.5 Å². The maximum absolute atomic E-state index is 4.44. The highest BCUT2D eigenvalue weighted by atomic mass is 32.2. The van der Waals surface area contributed by atoms with Gasteiger partial charge < -0.3 is 10.3 Å². The first kappa shape index (κ1) is 28.2. The number of anilines is 1. The Balaban J connectivity index is 1.65. The number of nitrogens with one attached hydrogen (secondary N) is 2. The van der Waals surface area contributed by atoms with E-state index in [0.29, 0.717) is 0 Å². The van der Waals surface area contributed by atoms with E-state index in [4.69, 9.17) is 0 Å². The number of hydrogen-bond acceptors (Lipinski definition) is 5. The number of H-pyrrole nitrogens is 1. The van der Waals surface area contributed by atoms with Crippen LogP contribution in [0.4, 0.5) is 5.13 Å². The molecule has 2 rings (SSSR count). The van der Waals surface area contributed by atoms with Gasteiger partial charge in [0.25, 0.3) is 0 Å². The van der Waals surface area contributed by atoms with E-state index >= 15 is 0 Å². The molecule has 6 heteroatoms. The summed E-state index contributed by atoms with van der Waals surface area (Å²) >= 11 is 3.54. The minimum atomic E-state index is 0.135. The second kappa shape index (κ2) is 16.6. The zero-order valence-electron chi connectivity index (χ0n) is 21.6. The molecular weight excluding hydrogens is 456 g/mol. The van der Waals surface area contributed by atoms with Gasteiger partial charge in [-0.25, -0.2) is 9.97 Å². The van der Waals surface area contributed by atoms with E-state index in [1.54, 1.807) is 17.5 Å². The average Bonchev–Trinajstić information content (AvgIpc) is 3.50. The molecule has 0 aliphatic rings. The van der Waals surface area contributed by atoms with E-state index in [1.807, 2.05) is 29.5 Å². The van der Waals surface area contributed by atoms with Crippen molar-refractivity contribution in [3.8, 4) is 0 Å². The van der Waals surface area contributed by atoms with Crippen LogP contribution in [0.25, 0.3) is 0 Å². The van der Waals surface area contributed by atoms with Crippen molar-refractivity contribution in [3.05, 3.63) is 76.4 Å². The Labute approximate surface area is 215 Å². The first-order chi connectivity index (χ1) is 16.4. The van der Waals surface area contributed by atoms with Gasteiger partial charge in [-0.15, -0.1) is 11.3 Å². The quantitative estimate of drug-likeness (QED) is 0.179. The lowest BCUT2D eigenvalue weighted by Gasteiger charge is -2.15. The summed E-state index contributed by atoms with van der Waals surface area (Å²) < 4.78 is 0. The third-order valence-electron chi connectivity index (χ3n) is 5.57. The standard InChI is InChI=1S/C28H42N4S2/c1-22(2)9-6-10-23(3)11-7-12-24(4)13-8-14-25(5)15-19-33-21-26(27-29-16-17-30-27)32-28-31-18-20-34-28/h9,11,13,15-18,20,26H,6-8,10,12,14,19,21H2,1-5H3,(H,29,30)(H,31,32). The smallest absolute Gasteiger partial charge is 0.183 e. The van der Waals surface area contributed by atoms with Crippen LogP contribution >= 0.6 is 23.1 Å². The Morgan fingerprint density at radius 1 is 0.912 bits per heavy atom. The maximum atomic E-state index is 4.44. The number of allylic oxidation sites excluding steroid dienone is 7. The highest BCUT2D eigenvalue weighted by Gasteiger charge is 2.14. The van der Waals surface area contributed by atoms with Gasteiger partial charge in [-0.2, -0.15) is 11.8 Å². The van der Waals surface area contributed by atoms with Gasteiger partial charge in [0.2, 0.25) is 0 Å². The fourth-order valence-corrected chi connectivity index (χ4v) is 5.07. The Bertz CT molecular complexity index is 918.